The fraction of sp³-hybridized carbons (Fsp3) is 0.417. The van der Waals surface area contributed by atoms with Crippen LogP contribution in [0.3, 0.4) is 0 Å². The first kappa shape index (κ1) is 17.2. The summed E-state index contributed by atoms with van der Waals surface area (Å²) in [4.78, 5) is 10.4. The summed E-state index contributed by atoms with van der Waals surface area (Å²) in [5, 5.41) is 8.51. The molecule has 19 heavy (non-hydrogen) atoms. The first-order valence-corrected chi connectivity index (χ1v) is 5.12. The molecule has 0 fully saturated rings. The minimum Gasteiger partial charge on any atom is -0.496 e. The number of methoxy groups -OCH3 is 2. The van der Waals surface area contributed by atoms with Crippen LogP contribution in [0.25, 0.3) is 0 Å². The molecule has 0 spiro atoms. The van der Waals surface area contributed by atoms with E-state index in [0.717, 1.165) is 19.2 Å². The molecule has 1 rings (SSSR count). The predicted octanol–water partition coefficient (Wildman–Crippen LogP) is 2.60. The number of halogens is 3. The summed E-state index contributed by atoms with van der Waals surface area (Å²) in [5.41, 5.74) is -1.33. The molecular formula is C12H15F3O4. The summed E-state index contributed by atoms with van der Waals surface area (Å²) >= 11 is 0. The standard InChI is InChI=1S/C10H9F3O3.C2H6O/c1-16-7-4-2-3-6(5-8(14)15)9(7)10(11,12)13;1-3-2/h2-4H,5H2,1H3,(H,14,15);1-2H3. The number of carboxylic acid groups (broad SMARTS) is 1. The maximum atomic E-state index is 12.7. The van der Waals surface area contributed by atoms with Crippen LogP contribution in [0.5, 0.6) is 5.75 Å². The molecule has 7 heteroatoms. The van der Waals surface area contributed by atoms with Gasteiger partial charge in [-0.05, 0) is 11.6 Å². The Morgan fingerprint density at radius 3 is 2.16 bits per heavy atom. The van der Waals surface area contributed by atoms with E-state index >= 15 is 0 Å². The van der Waals surface area contributed by atoms with Crippen LogP contribution in [-0.2, 0) is 22.1 Å². The average molecular weight is 280 g/mol. The molecule has 0 bridgehead atoms. The van der Waals surface area contributed by atoms with Crippen LogP contribution in [0.4, 0.5) is 13.2 Å². The van der Waals surface area contributed by atoms with Crippen LogP contribution < -0.4 is 4.74 Å². The predicted molar refractivity (Wildman–Crippen MR) is 62.3 cm³/mol. The third-order valence-corrected chi connectivity index (χ3v) is 1.96. The number of hydrogen-bond acceptors (Lipinski definition) is 3. The quantitative estimate of drug-likeness (QED) is 0.924. The zero-order valence-electron chi connectivity index (χ0n) is 10.7. The third kappa shape index (κ3) is 5.60. The maximum absolute atomic E-state index is 12.7. The van der Waals surface area contributed by atoms with Crippen molar-refractivity contribution in [2.45, 2.75) is 12.6 Å². The third-order valence-electron chi connectivity index (χ3n) is 1.96. The molecule has 0 radical (unpaired) electrons. The van der Waals surface area contributed by atoms with Crippen molar-refractivity contribution in [1.29, 1.82) is 0 Å². The second-order valence-corrected chi connectivity index (χ2v) is 3.47. The van der Waals surface area contributed by atoms with E-state index in [1.165, 1.54) is 6.07 Å². The lowest BCUT2D eigenvalue weighted by atomic mass is 10.0. The molecule has 108 valence electrons. The summed E-state index contributed by atoms with van der Waals surface area (Å²) in [6, 6.07) is 3.60. The van der Waals surface area contributed by atoms with E-state index in [2.05, 4.69) is 9.47 Å². The number of carbonyl (C=O) groups is 1. The van der Waals surface area contributed by atoms with Crippen LogP contribution >= 0.6 is 0 Å². The maximum Gasteiger partial charge on any atom is 0.420 e. The van der Waals surface area contributed by atoms with Crippen LogP contribution in [0, 0.1) is 0 Å². The highest BCUT2D eigenvalue weighted by Crippen LogP contribution is 2.38. The summed E-state index contributed by atoms with van der Waals surface area (Å²) < 4.78 is 46.9. The van der Waals surface area contributed by atoms with E-state index in [4.69, 9.17) is 5.11 Å². The van der Waals surface area contributed by atoms with Gasteiger partial charge in [0.05, 0.1) is 13.5 Å². The normalized spacial score (nSPS) is 10.4. The molecule has 0 aliphatic rings. The molecule has 0 saturated carbocycles. The highest BCUT2D eigenvalue weighted by atomic mass is 19.4. The van der Waals surface area contributed by atoms with Gasteiger partial charge in [0, 0.05) is 14.2 Å². The fourth-order valence-corrected chi connectivity index (χ4v) is 1.38. The number of carboxylic acids is 1. The first-order chi connectivity index (χ1) is 8.77. The second kappa shape index (κ2) is 7.63. The van der Waals surface area contributed by atoms with E-state index in [1.54, 1.807) is 14.2 Å². The van der Waals surface area contributed by atoms with Crippen LogP contribution in [0.15, 0.2) is 18.2 Å². The molecule has 0 amide bonds. The molecule has 1 aromatic carbocycles. The second-order valence-electron chi connectivity index (χ2n) is 3.47. The largest absolute Gasteiger partial charge is 0.496 e. The number of rotatable bonds is 3. The number of hydrogen-bond donors (Lipinski definition) is 1. The zero-order chi connectivity index (χ0) is 15.1. The molecule has 1 aromatic rings. The average Bonchev–Trinajstić information content (AvgIpc) is 2.27. The first-order valence-electron chi connectivity index (χ1n) is 5.12. The van der Waals surface area contributed by atoms with Gasteiger partial charge in [-0.25, -0.2) is 0 Å². The Labute approximate surface area is 108 Å². The lowest BCUT2D eigenvalue weighted by Gasteiger charge is -2.15. The number of benzene rings is 1. The smallest absolute Gasteiger partial charge is 0.420 e. The lowest BCUT2D eigenvalue weighted by Crippen LogP contribution is -2.13. The Morgan fingerprint density at radius 1 is 1.26 bits per heavy atom. The Balaban J connectivity index is 0.000000982. The zero-order valence-corrected chi connectivity index (χ0v) is 10.7. The van der Waals surface area contributed by atoms with Gasteiger partial charge in [0.1, 0.15) is 11.3 Å². The van der Waals surface area contributed by atoms with Crippen molar-refractivity contribution < 1.29 is 32.5 Å². The highest BCUT2D eigenvalue weighted by Gasteiger charge is 2.37. The minimum atomic E-state index is -4.63. The molecule has 0 atom stereocenters. The van der Waals surface area contributed by atoms with E-state index in [0.29, 0.717) is 0 Å². The molecule has 0 aliphatic carbocycles. The molecule has 0 heterocycles. The number of ether oxygens (including phenoxy) is 2. The minimum absolute atomic E-state index is 0.306. The van der Waals surface area contributed by atoms with Crippen molar-refractivity contribution in [3.05, 3.63) is 29.3 Å². The molecule has 4 nitrogen and oxygen atoms in total. The molecule has 0 saturated heterocycles. The van der Waals surface area contributed by atoms with E-state index < -0.39 is 24.1 Å². The van der Waals surface area contributed by atoms with Crippen LogP contribution in [0.2, 0.25) is 0 Å². The van der Waals surface area contributed by atoms with Crippen molar-refractivity contribution in [3.8, 4) is 5.75 Å². The van der Waals surface area contributed by atoms with Gasteiger partial charge in [0.15, 0.2) is 0 Å². The molecule has 0 aliphatic heterocycles. The molecule has 0 aromatic heterocycles. The fourth-order valence-electron chi connectivity index (χ4n) is 1.38. The molecule has 1 N–H and O–H groups in total. The van der Waals surface area contributed by atoms with Gasteiger partial charge in [-0.15, -0.1) is 0 Å². The Kier molecular flexibility index (Phi) is 6.92. The monoisotopic (exact) mass is 280 g/mol. The molecular weight excluding hydrogens is 265 g/mol. The van der Waals surface area contributed by atoms with Gasteiger partial charge < -0.3 is 14.6 Å². The van der Waals surface area contributed by atoms with Gasteiger partial charge in [0.2, 0.25) is 0 Å². The van der Waals surface area contributed by atoms with E-state index in [9.17, 15) is 18.0 Å². The van der Waals surface area contributed by atoms with Crippen molar-refractivity contribution in [2.24, 2.45) is 0 Å². The van der Waals surface area contributed by atoms with Gasteiger partial charge in [-0.3, -0.25) is 4.79 Å². The van der Waals surface area contributed by atoms with E-state index in [1.807, 2.05) is 0 Å². The SMILES string of the molecule is COC.COc1cccc(CC(=O)O)c1C(F)(F)F. The molecule has 0 unspecified atom stereocenters. The van der Waals surface area contributed by atoms with Crippen molar-refractivity contribution in [2.75, 3.05) is 21.3 Å². The van der Waals surface area contributed by atoms with Gasteiger partial charge in [-0.2, -0.15) is 13.2 Å². The highest BCUT2D eigenvalue weighted by molar-refractivity contribution is 5.71. The van der Waals surface area contributed by atoms with Gasteiger partial charge in [-0.1, -0.05) is 12.1 Å². The van der Waals surface area contributed by atoms with Crippen molar-refractivity contribution in [3.63, 3.8) is 0 Å². The summed E-state index contributed by atoms with van der Waals surface area (Å²) in [7, 11) is 4.36. The topological polar surface area (TPSA) is 55.8 Å². The summed E-state index contributed by atoms with van der Waals surface area (Å²) in [6.45, 7) is 0. The van der Waals surface area contributed by atoms with Gasteiger partial charge in [0.25, 0.3) is 0 Å². The lowest BCUT2D eigenvalue weighted by molar-refractivity contribution is -0.140. The van der Waals surface area contributed by atoms with Crippen LogP contribution in [0.1, 0.15) is 11.1 Å². The van der Waals surface area contributed by atoms with Crippen LogP contribution in [-0.4, -0.2) is 32.4 Å². The Morgan fingerprint density at radius 2 is 1.79 bits per heavy atom. The summed E-state index contributed by atoms with van der Waals surface area (Å²) in [5.74, 6) is -1.69. The number of aliphatic carboxylic acids is 1. The number of alkyl halides is 3. The van der Waals surface area contributed by atoms with Crippen molar-refractivity contribution in [1.82, 2.24) is 0 Å². The van der Waals surface area contributed by atoms with Crippen molar-refractivity contribution >= 4 is 5.97 Å². The van der Waals surface area contributed by atoms with Gasteiger partial charge >= 0.3 is 12.1 Å². The Hall–Kier alpha value is -1.76. The van der Waals surface area contributed by atoms with E-state index in [-0.39, 0.29) is 11.3 Å². The Bertz CT molecular complexity index is 416. The summed E-state index contributed by atoms with van der Waals surface area (Å²) in [6.07, 6.45) is -5.32.